The molecular weight excluding hydrogens is 314 g/mol. The summed E-state index contributed by atoms with van der Waals surface area (Å²) in [7, 11) is -3.03. The second kappa shape index (κ2) is 5.63. The van der Waals surface area contributed by atoms with Gasteiger partial charge in [-0.05, 0) is 38.8 Å². The normalized spacial score (nSPS) is 20.0. The largest absolute Gasteiger partial charge is 0.334 e. The van der Waals surface area contributed by atoms with Gasteiger partial charge in [-0.25, -0.2) is 13.4 Å². The number of aromatic nitrogens is 2. The Hall–Kier alpha value is -1.89. The van der Waals surface area contributed by atoms with E-state index in [1.54, 1.807) is 9.30 Å². The number of aryl methyl sites for hydroxylation is 2. The van der Waals surface area contributed by atoms with Crippen LogP contribution in [-0.4, -0.2) is 52.7 Å². The van der Waals surface area contributed by atoms with Crippen LogP contribution in [0.15, 0.2) is 18.3 Å². The van der Waals surface area contributed by atoms with Gasteiger partial charge in [0.05, 0.1) is 17.2 Å². The van der Waals surface area contributed by atoms with E-state index in [1.165, 1.54) is 0 Å². The van der Waals surface area contributed by atoms with E-state index >= 15 is 0 Å². The van der Waals surface area contributed by atoms with Crippen LogP contribution in [0.1, 0.15) is 35.1 Å². The summed E-state index contributed by atoms with van der Waals surface area (Å²) < 4.78 is 25.3. The number of imidazole rings is 1. The topological polar surface area (TPSA) is 71.8 Å². The van der Waals surface area contributed by atoms with Gasteiger partial charge in [0.15, 0.2) is 9.84 Å². The van der Waals surface area contributed by atoms with Crippen LogP contribution in [0.3, 0.4) is 0 Å². The molecule has 3 rings (SSSR count). The van der Waals surface area contributed by atoms with Crippen LogP contribution in [0.5, 0.6) is 0 Å². The monoisotopic (exact) mass is 335 g/mol. The summed E-state index contributed by atoms with van der Waals surface area (Å²) in [4.78, 5) is 19.2. The summed E-state index contributed by atoms with van der Waals surface area (Å²) in [6.07, 6.45) is 2.40. The van der Waals surface area contributed by atoms with E-state index in [0.29, 0.717) is 24.4 Å². The summed E-state index contributed by atoms with van der Waals surface area (Å²) in [5, 5.41) is 0. The minimum Gasteiger partial charge on any atom is -0.334 e. The molecule has 6 nitrogen and oxygen atoms in total. The number of sulfone groups is 1. The van der Waals surface area contributed by atoms with Crippen molar-refractivity contribution in [1.82, 2.24) is 14.3 Å². The Bertz CT molecular complexity index is 870. The van der Waals surface area contributed by atoms with E-state index in [9.17, 15) is 13.2 Å². The van der Waals surface area contributed by atoms with Crippen molar-refractivity contribution in [2.75, 3.05) is 18.1 Å². The Balaban J connectivity index is 2.02. The summed E-state index contributed by atoms with van der Waals surface area (Å²) in [5.74, 6) is 0.0684. The van der Waals surface area contributed by atoms with Gasteiger partial charge in [-0.1, -0.05) is 6.07 Å². The van der Waals surface area contributed by atoms with Gasteiger partial charge in [-0.3, -0.25) is 9.20 Å². The van der Waals surface area contributed by atoms with Crippen molar-refractivity contribution in [1.29, 1.82) is 0 Å². The molecule has 1 fully saturated rings. The van der Waals surface area contributed by atoms with Crippen molar-refractivity contribution in [3.05, 3.63) is 35.3 Å². The molecule has 2 aromatic rings. The number of nitrogens with zero attached hydrogens (tertiary/aromatic N) is 3. The van der Waals surface area contributed by atoms with Crippen LogP contribution in [0.25, 0.3) is 5.65 Å². The molecule has 0 spiro atoms. The van der Waals surface area contributed by atoms with Crippen molar-refractivity contribution in [2.24, 2.45) is 0 Å². The fourth-order valence-electron chi connectivity index (χ4n) is 3.25. The summed E-state index contributed by atoms with van der Waals surface area (Å²) in [5.41, 5.74) is 2.96. The smallest absolute Gasteiger partial charge is 0.273 e. The molecule has 0 radical (unpaired) electrons. The Morgan fingerprint density at radius 1 is 1.39 bits per heavy atom. The molecule has 0 bridgehead atoms. The van der Waals surface area contributed by atoms with E-state index in [0.717, 1.165) is 11.2 Å². The van der Waals surface area contributed by atoms with Gasteiger partial charge >= 0.3 is 0 Å². The lowest BCUT2D eigenvalue weighted by atomic mass is 10.2. The molecule has 124 valence electrons. The molecule has 1 atom stereocenters. The van der Waals surface area contributed by atoms with Crippen molar-refractivity contribution >= 4 is 21.4 Å². The highest BCUT2D eigenvalue weighted by Crippen LogP contribution is 2.22. The van der Waals surface area contributed by atoms with Crippen molar-refractivity contribution < 1.29 is 13.2 Å². The SMILES string of the molecule is CCN(C(=O)c1c(C)nc2ccc(C)cn12)C1CCS(=O)(=O)C1. The zero-order valence-electron chi connectivity index (χ0n) is 13.6. The van der Waals surface area contributed by atoms with Crippen LogP contribution in [0, 0.1) is 13.8 Å². The molecule has 0 aromatic carbocycles. The minimum atomic E-state index is -3.03. The van der Waals surface area contributed by atoms with Crippen molar-refractivity contribution in [3.63, 3.8) is 0 Å². The van der Waals surface area contributed by atoms with Crippen LogP contribution >= 0.6 is 0 Å². The highest BCUT2D eigenvalue weighted by atomic mass is 32.2. The number of hydrogen-bond donors (Lipinski definition) is 0. The van der Waals surface area contributed by atoms with E-state index in [2.05, 4.69) is 4.98 Å². The van der Waals surface area contributed by atoms with E-state index in [4.69, 9.17) is 0 Å². The van der Waals surface area contributed by atoms with Gasteiger partial charge in [0.2, 0.25) is 0 Å². The molecule has 1 aliphatic rings. The highest BCUT2D eigenvalue weighted by molar-refractivity contribution is 7.91. The maximum Gasteiger partial charge on any atom is 0.273 e. The van der Waals surface area contributed by atoms with Crippen LogP contribution < -0.4 is 0 Å². The van der Waals surface area contributed by atoms with Crippen molar-refractivity contribution in [2.45, 2.75) is 33.2 Å². The molecule has 1 saturated heterocycles. The first-order valence-corrected chi connectivity index (χ1v) is 9.61. The van der Waals surface area contributed by atoms with Gasteiger partial charge in [0.25, 0.3) is 5.91 Å². The van der Waals surface area contributed by atoms with Gasteiger partial charge in [-0.2, -0.15) is 0 Å². The van der Waals surface area contributed by atoms with Gasteiger partial charge in [0, 0.05) is 18.8 Å². The standard InChI is InChI=1S/C16H21N3O3S/c1-4-18(13-7-8-23(21,22)10-13)16(20)15-12(3)17-14-6-5-11(2)9-19(14)15/h5-6,9,13H,4,7-8,10H2,1-3H3. The third-order valence-corrected chi connectivity index (χ3v) is 6.14. The van der Waals surface area contributed by atoms with E-state index in [1.807, 2.05) is 39.1 Å². The number of pyridine rings is 1. The van der Waals surface area contributed by atoms with Crippen LogP contribution in [0.2, 0.25) is 0 Å². The van der Waals surface area contributed by atoms with Crippen LogP contribution in [0.4, 0.5) is 0 Å². The summed E-state index contributed by atoms with van der Waals surface area (Å²) in [6.45, 7) is 6.14. The van der Waals surface area contributed by atoms with E-state index < -0.39 is 9.84 Å². The first-order chi connectivity index (χ1) is 10.8. The van der Waals surface area contributed by atoms with Gasteiger partial charge in [0.1, 0.15) is 11.3 Å². The number of rotatable bonds is 3. The number of amides is 1. The second-order valence-electron chi connectivity index (χ2n) is 6.13. The first kappa shape index (κ1) is 16.0. The maximum absolute atomic E-state index is 13.1. The molecule has 1 amide bonds. The average Bonchev–Trinajstić information content (AvgIpc) is 2.98. The third kappa shape index (κ3) is 2.85. The first-order valence-electron chi connectivity index (χ1n) is 7.79. The lowest BCUT2D eigenvalue weighted by Crippen LogP contribution is -2.41. The molecule has 2 aromatic heterocycles. The summed E-state index contributed by atoms with van der Waals surface area (Å²) in [6, 6.07) is 3.60. The zero-order chi connectivity index (χ0) is 16.8. The quantitative estimate of drug-likeness (QED) is 0.854. The maximum atomic E-state index is 13.1. The molecule has 23 heavy (non-hydrogen) atoms. The average molecular weight is 335 g/mol. The Kier molecular flexibility index (Phi) is 3.91. The molecule has 1 aliphatic heterocycles. The molecule has 0 aliphatic carbocycles. The Labute approximate surface area is 136 Å². The lowest BCUT2D eigenvalue weighted by molar-refractivity contribution is 0.0700. The Morgan fingerprint density at radius 3 is 2.74 bits per heavy atom. The summed E-state index contributed by atoms with van der Waals surface area (Å²) >= 11 is 0. The Morgan fingerprint density at radius 2 is 2.13 bits per heavy atom. The second-order valence-corrected chi connectivity index (χ2v) is 8.36. The third-order valence-electron chi connectivity index (χ3n) is 4.39. The molecule has 0 N–H and O–H groups in total. The molecule has 3 heterocycles. The molecule has 0 saturated carbocycles. The van der Waals surface area contributed by atoms with Gasteiger partial charge in [-0.15, -0.1) is 0 Å². The van der Waals surface area contributed by atoms with Gasteiger partial charge < -0.3 is 4.90 Å². The fourth-order valence-corrected chi connectivity index (χ4v) is 4.98. The number of carbonyl (C=O) groups is 1. The number of fused-ring (bicyclic) bond motifs is 1. The number of carbonyl (C=O) groups excluding carboxylic acids is 1. The fraction of sp³-hybridized carbons (Fsp3) is 0.500. The molecule has 7 heteroatoms. The van der Waals surface area contributed by atoms with Crippen LogP contribution in [-0.2, 0) is 9.84 Å². The lowest BCUT2D eigenvalue weighted by Gasteiger charge is -2.26. The number of hydrogen-bond acceptors (Lipinski definition) is 4. The minimum absolute atomic E-state index is 0.0569. The molecular formula is C16H21N3O3S. The van der Waals surface area contributed by atoms with E-state index in [-0.39, 0.29) is 23.5 Å². The van der Waals surface area contributed by atoms with Crippen molar-refractivity contribution in [3.8, 4) is 0 Å². The highest BCUT2D eigenvalue weighted by Gasteiger charge is 2.35. The molecule has 1 unspecified atom stereocenters. The predicted octanol–water partition coefficient (Wildman–Crippen LogP) is 1.60. The predicted molar refractivity (Wildman–Crippen MR) is 88.4 cm³/mol. The zero-order valence-corrected chi connectivity index (χ0v) is 14.4.